The molecule has 0 unspecified atom stereocenters. The third-order valence-electron chi connectivity index (χ3n) is 3.49. The quantitative estimate of drug-likeness (QED) is 0.745. The maximum atomic E-state index is 12.2. The van der Waals surface area contributed by atoms with E-state index in [1.807, 2.05) is 0 Å². The van der Waals surface area contributed by atoms with Crippen molar-refractivity contribution in [1.82, 2.24) is 14.9 Å². The number of hydrogen-bond acceptors (Lipinski definition) is 6. The molecule has 0 N–H and O–H groups in total. The normalized spacial score (nSPS) is 20.0. The van der Waals surface area contributed by atoms with E-state index in [1.54, 1.807) is 17.3 Å². The first-order valence-electron chi connectivity index (χ1n) is 6.86. The van der Waals surface area contributed by atoms with Crippen LogP contribution >= 0.6 is 0 Å². The smallest absolute Gasteiger partial charge is 0.274 e. The molecule has 108 valence electrons. The average molecular weight is 278 g/mol. The molecule has 2 fully saturated rings. The molecule has 0 radical (unpaired) electrons. The number of rotatable bonds is 2. The summed E-state index contributed by atoms with van der Waals surface area (Å²) in [5.74, 6) is 0.723. The molecule has 0 aliphatic carbocycles. The summed E-state index contributed by atoms with van der Waals surface area (Å²) in [5.41, 5.74) is 0.393. The van der Waals surface area contributed by atoms with Gasteiger partial charge in [-0.15, -0.1) is 0 Å². The fourth-order valence-corrected chi connectivity index (χ4v) is 2.32. The van der Waals surface area contributed by atoms with Gasteiger partial charge >= 0.3 is 0 Å². The number of ether oxygens (including phenoxy) is 2. The van der Waals surface area contributed by atoms with Gasteiger partial charge in [-0.2, -0.15) is 0 Å². The molecule has 0 saturated carbocycles. The van der Waals surface area contributed by atoms with Crippen LogP contribution in [0.4, 0.5) is 5.82 Å². The summed E-state index contributed by atoms with van der Waals surface area (Å²) in [7, 11) is 0. The second-order valence-electron chi connectivity index (χ2n) is 4.76. The van der Waals surface area contributed by atoms with Crippen molar-refractivity contribution in [2.45, 2.75) is 0 Å². The highest BCUT2D eigenvalue weighted by Gasteiger charge is 2.20. The standard InChI is InChI=1S/C13H18N4O3/c18-13(17-3-7-20-8-4-17)11-9-15-12(10-14-11)16-1-5-19-6-2-16/h9-10H,1-8H2. The summed E-state index contributed by atoms with van der Waals surface area (Å²) in [6, 6.07) is 0. The zero-order chi connectivity index (χ0) is 13.8. The molecule has 1 aromatic rings. The van der Waals surface area contributed by atoms with E-state index in [4.69, 9.17) is 9.47 Å². The van der Waals surface area contributed by atoms with E-state index in [0.717, 1.165) is 18.9 Å². The molecule has 3 heterocycles. The molecule has 20 heavy (non-hydrogen) atoms. The van der Waals surface area contributed by atoms with Crippen LogP contribution in [0.5, 0.6) is 0 Å². The topological polar surface area (TPSA) is 67.8 Å². The lowest BCUT2D eigenvalue weighted by molar-refractivity contribution is 0.0298. The van der Waals surface area contributed by atoms with Gasteiger partial charge in [-0.05, 0) is 0 Å². The molecule has 1 aromatic heterocycles. The molecule has 2 aliphatic rings. The predicted octanol–water partition coefficient (Wildman–Crippen LogP) is -0.214. The van der Waals surface area contributed by atoms with Gasteiger partial charge in [0.1, 0.15) is 11.5 Å². The Labute approximate surface area is 117 Å². The molecule has 0 spiro atoms. The SMILES string of the molecule is O=C(c1cnc(N2CCOCC2)cn1)N1CCOCC1. The monoisotopic (exact) mass is 278 g/mol. The van der Waals surface area contributed by atoms with Crippen LogP contribution in [-0.2, 0) is 9.47 Å². The van der Waals surface area contributed by atoms with Gasteiger partial charge in [0.2, 0.25) is 0 Å². The van der Waals surface area contributed by atoms with Gasteiger partial charge in [0.05, 0.1) is 38.8 Å². The first-order chi connectivity index (χ1) is 9.84. The van der Waals surface area contributed by atoms with Crippen molar-refractivity contribution >= 4 is 11.7 Å². The van der Waals surface area contributed by atoms with E-state index >= 15 is 0 Å². The Kier molecular flexibility index (Phi) is 4.08. The van der Waals surface area contributed by atoms with Gasteiger partial charge in [0, 0.05) is 26.2 Å². The van der Waals surface area contributed by atoms with Gasteiger partial charge in [-0.3, -0.25) is 4.79 Å². The number of hydrogen-bond donors (Lipinski definition) is 0. The lowest BCUT2D eigenvalue weighted by Crippen LogP contribution is -2.41. The van der Waals surface area contributed by atoms with Gasteiger partial charge in [0.15, 0.2) is 0 Å². The van der Waals surface area contributed by atoms with Crippen molar-refractivity contribution in [1.29, 1.82) is 0 Å². The second kappa shape index (κ2) is 6.15. The van der Waals surface area contributed by atoms with Crippen LogP contribution in [-0.4, -0.2) is 73.4 Å². The van der Waals surface area contributed by atoms with Crippen LogP contribution in [0, 0.1) is 0 Å². The van der Waals surface area contributed by atoms with Crippen LogP contribution in [0.3, 0.4) is 0 Å². The largest absolute Gasteiger partial charge is 0.378 e. The van der Waals surface area contributed by atoms with Crippen LogP contribution in [0.15, 0.2) is 12.4 Å². The highest BCUT2D eigenvalue weighted by Crippen LogP contribution is 2.12. The highest BCUT2D eigenvalue weighted by atomic mass is 16.5. The lowest BCUT2D eigenvalue weighted by atomic mass is 10.3. The minimum Gasteiger partial charge on any atom is -0.378 e. The molecule has 0 aromatic carbocycles. The number of morpholine rings is 2. The molecular weight excluding hydrogens is 260 g/mol. The Hall–Kier alpha value is -1.73. The van der Waals surface area contributed by atoms with Gasteiger partial charge in [-0.25, -0.2) is 9.97 Å². The van der Waals surface area contributed by atoms with Crippen LogP contribution in [0.25, 0.3) is 0 Å². The molecular formula is C13H18N4O3. The minimum atomic E-state index is -0.0747. The van der Waals surface area contributed by atoms with Crippen molar-refractivity contribution in [2.24, 2.45) is 0 Å². The molecule has 2 aliphatic heterocycles. The lowest BCUT2D eigenvalue weighted by Gasteiger charge is -2.28. The van der Waals surface area contributed by atoms with Crippen molar-refractivity contribution in [2.75, 3.05) is 57.5 Å². The molecule has 0 bridgehead atoms. The number of carbonyl (C=O) groups is 1. The average Bonchev–Trinajstić information content (AvgIpc) is 2.56. The summed E-state index contributed by atoms with van der Waals surface area (Å²) in [6.07, 6.45) is 3.22. The Balaban J connectivity index is 1.67. The maximum Gasteiger partial charge on any atom is 0.274 e. The van der Waals surface area contributed by atoms with E-state index < -0.39 is 0 Å². The third kappa shape index (κ3) is 2.88. The Bertz CT molecular complexity index is 453. The second-order valence-corrected chi connectivity index (χ2v) is 4.76. The zero-order valence-corrected chi connectivity index (χ0v) is 11.3. The summed E-state index contributed by atoms with van der Waals surface area (Å²) in [6.45, 7) is 5.44. The number of carbonyl (C=O) groups excluding carboxylic acids is 1. The van der Waals surface area contributed by atoms with Crippen molar-refractivity contribution < 1.29 is 14.3 Å². The maximum absolute atomic E-state index is 12.2. The minimum absolute atomic E-state index is 0.0747. The molecule has 7 nitrogen and oxygen atoms in total. The molecule has 7 heteroatoms. The number of aromatic nitrogens is 2. The van der Waals surface area contributed by atoms with E-state index in [1.165, 1.54) is 0 Å². The van der Waals surface area contributed by atoms with E-state index in [0.29, 0.717) is 45.2 Å². The fourth-order valence-electron chi connectivity index (χ4n) is 2.32. The molecule has 3 rings (SSSR count). The predicted molar refractivity (Wildman–Crippen MR) is 71.8 cm³/mol. The van der Waals surface area contributed by atoms with Crippen LogP contribution in [0.1, 0.15) is 10.5 Å². The van der Waals surface area contributed by atoms with Crippen LogP contribution < -0.4 is 4.90 Å². The van der Waals surface area contributed by atoms with Crippen molar-refractivity contribution in [3.8, 4) is 0 Å². The Morgan fingerprint density at radius 2 is 1.60 bits per heavy atom. The Morgan fingerprint density at radius 3 is 2.20 bits per heavy atom. The number of amides is 1. The molecule has 0 atom stereocenters. The van der Waals surface area contributed by atoms with E-state index in [9.17, 15) is 4.79 Å². The molecule has 2 saturated heterocycles. The number of anilines is 1. The summed E-state index contributed by atoms with van der Waals surface area (Å²) >= 11 is 0. The van der Waals surface area contributed by atoms with Gasteiger partial charge < -0.3 is 19.3 Å². The first kappa shape index (κ1) is 13.3. The first-order valence-corrected chi connectivity index (χ1v) is 6.86. The van der Waals surface area contributed by atoms with Gasteiger partial charge in [-0.1, -0.05) is 0 Å². The Morgan fingerprint density at radius 1 is 0.950 bits per heavy atom. The van der Waals surface area contributed by atoms with E-state index in [-0.39, 0.29) is 5.91 Å². The van der Waals surface area contributed by atoms with E-state index in [2.05, 4.69) is 14.9 Å². The summed E-state index contributed by atoms with van der Waals surface area (Å²) in [5, 5.41) is 0. The van der Waals surface area contributed by atoms with Gasteiger partial charge in [0.25, 0.3) is 5.91 Å². The van der Waals surface area contributed by atoms with Crippen LogP contribution in [0.2, 0.25) is 0 Å². The summed E-state index contributed by atoms with van der Waals surface area (Å²) in [4.78, 5) is 24.7. The number of nitrogens with zero attached hydrogens (tertiary/aromatic N) is 4. The van der Waals surface area contributed by atoms with Crippen molar-refractivity contribution in [3.63, 3.8) is 0 Å². The highest BCUT2D eigenvalue weighted by molar-refractivity contribution is 5.92. The third-order valence-corrected chi connectivity index (χ3v) is 3.49. The summed E-state index contributed by atoms with van der Waals surface area (Å²) < 4.78 is 10.5. The fraction of sp³-hybridized carbons (Fsp3) is 0.615. The van der Waals surface area contributed by atoms with Crippen molar-refractivity contribution in [3.05, 3.63) is 18.1 Å². The molecule has 1 amide bonds. The zero-order valence-electron chi connectivity index (χ0n) is 11.3.